The van der Waals surface area contributed by atoms with Crippen LogP contribution < -0.4 is 11.5 Å². The van der Waals surface area contributed by atoms with Crippen LogP contribution in [0.25, 0.3) is 0 Å². The fourth-order valence-electron chi connectivity index (χ4n) is 3.16. The summed E-state index contributed by atoms with van der Waals surface area (Å²) in [7, 11) is 0. The van der Waals surface area contributed by atoms with Crippen molar-refractivity contribution in [2.45, 2.75) is 32.1 Å². The van der Waals surface area contributed by atoms with Gasteiger partial charge in [-0.1, -0.05) is 19.3 Å². The second-order valence-corrected chi connectivity index (χ2v) is 5.69. The highest BCUT2D eigenvalue weighted by atomic mass is 79.9. The summed E-state index contributed by atoms with van der Waals surface area (Å²) in [6, 6.07) is 0. The molecule has 1 saturated heterocycles. The average Bonchev–Trinajstić information content (AvgIpc) is 2.39. The van der Waals surface area contributed by atoms with Crippen molar-refractivity contribution < 1.29 is 4.74 Å². The Morgan fingerprint density at radius 1 is 1.11 bits per heavy atom. The second-order valence-electron chi connectivity index (χ2n) is 5.69. The molecule has 0 aromatic heterocycles. The van der Waals surface area contributed by atoms with Crippen molar-refractivity contribution in [3.8, 4) is 0 Å². The first-order chi connectivity index (χ1) is 8.70. The molecule has 112 valence electrons. The molecule has 1 heterocycles. The van der Waals surface area contributed by atoms with Crippen molar-refractivity contribution in [2.75, 3.05) is 39.4 Å². The highest BCUT2D eigenvalue weighted by molar-refractivity contribution is 8.93. The van der Waals surface area contributed by atoms with Crippen LogP contribution in [0.2, 0.25) is 0 Å². The molecule has 4 N–H and O–H groups in total. The number of morpholine rings is 1. The Labute approximate surface area is 126 Å². The van der Waals surface area contributed by atoms with E-state index in [0.29, 0.717) is 5.41 Å². The molecule has 0 aromatic carbocycles. The van der Waals surface area contributed by atoms with E-state index in [1.165, 1.54) is 32.1 Å². The van der Waals surface area contributed by atoms with Crippen LogP contribution >= 0.6 is 17.0 Å². The molecule has 0 aromatic rings. The third-order valence-corrected chi connectivity index (χ3v) is 4.17. The van der Waals surface area contributed by atoms with Gasteiger partial charge in [-0.3, -0.25) is 9.89 Å². The monoisotopic (exact) mass is 334 g/mol. The fraction of sp³-hybridized carbons (Fsp3) is 0.923. The number of aliphatic imine (C=N–C) groups is 1. The maximum atomic E-state index is 5.50. The lowest BCUT2D eigenvalue weighted by Gasteiger charge is -2.41. The Bertz CT molecular complexity index is 282. The number of rotatable bonds is 4. The maximum Gasteiger partial charge on any atom is 0.185 e. The smallest absolute Gasteiger partial charge is 0.185 e. The van der Waals surface area contributed by atoms with Crippen molar-refractivity contribution in [1.29, 1.82) is 0 Å². The number of nitrogens with zero attached hydrogens (tertiary/aromatic N) is 2. The molecule has 2 rings (SSSR count). The van der Waals surface area contributed by atoms with Gasteiger partial charge in [0.15, 0.2) is 5.96 Å². The molecule has 6 heteroatoms. The maximum absolute atomic E-state index is 5.50. The Hall–Kier alpha value is -0.330. The molecular formula is C13H27BrN4O. The molecule has 19 heavy (non-hydrogen) atoms. The SMILES string of the molecule is Br.NC(N)=NCC1(CN2CCOCC2)CCCCC1. The quantitative estimate of drug-likeness (QED) is 0.596. The molecule has 1 aliphatic carbocycles. The molecule has 2 aliphatic rings. The summed E-state index contributed by atoms with van der Waals surface area (Å²) < 4.78 is 5.41. The van der Waals surface area contributed by atoms with Crippen LogP contribution in [0.15, 0.2) is 4.99 Å². The van der Waals surface area contributed by atoms with Crippen LogP contribution in [0.1, 0.15) is 32.1 Å². The summed E-state index contributed by atoms with van der Waals surface area (Å²) in [4.78, 5) is 6.81. The summed E-state index contributed by atoms with van der Waals surface area (Å²) in [6.07, 6.45) is 6.48. The Morgan fingerprint density at radius 3 is 2.32 bits per heavy atom. The van der Waals surface area contributed by atoms with E-state index in [2.05, 4.69) is 9.89 Å². The minimum absolute atomic E-state index is 0. The molecule has 0 radical (unpaired) electrons. The van der Waals surface area contributed by atoms with Crippen LogP contribution in [0, 0.1) is 5.41 Å². The highest BCUT2D eigenvalue weighted by Gasteiger charge is 2.34. The zero-order valence-electron chi connectivity index (χ0n) is 11.6. The number of guanidine groups is 1. The lowest BCUT2D eigenvalue weighted by Crippen LogP contribution is -2.46. The molecule has 1 saturated carbocycles. The Kier molecular flexibility index (Phi) is 7.10. The predicted molar refractivity (Wildman–Crippen MR) is 83.8 cm³/mol. The van der Waals surface area contributed by atoms with E-state index in [0.717, 1.165) is 39.4 Å². The van der Waals surface area contributed by atoms with Crippen molar-refractivity contribution in [3.05, 3.63) is 0 Å². The van der Waals surface area contributed by atoms with Gasteiger partial charge in [-0.05, 0) is 12.8 Å². The van der Waals surface area contributed by atoms with Crippen LogP contribution in [-0.4, -0.2) is 50.3 Å². The lowest BCUT2D eigenvalue weighted by molar-refractivity contribution is 0.00940. The van der Waals surface area contributed by atoms with E-state index >= 15 is 0 Å². The van der Waals surface area contributed by atoms with Gasteiger partial charge in [0.05, 0.1) is 13.2 Å². The molecule has 5 nitrogen and oxygen atoms in total. The molecule has 2 fully saturated rings. The third-order valence-electron chi connectivity index (χ3n) is 4.17. The van der Waals surface area contributed by atoms with Crippen molar-refractivity contribution in [2.24, 2.45) is 21.9 Å². The van der Waals surface area contributed by atoms with Gasteiger partial charge in [0.2, 0.25) is 0 Å². The van der Waals surface area contributed by atoms with Gasteiger partial charge in [0.1, 0.15) is 0 Å². The minimum Gasteiger partial charge on any atom is -0.379 e. The standard InChI is InChI=1S/C13H26N4O.BrH/c14-12(15)16-10-13(4-2-1-3-5-13)11-17-6-8-18-9-7-17;/h1-11H2,(H4,14,15,16);1H. The van der Waals surface area contributed by atoms with E-state index in [4.69, 9.17) is 16.2 Å². The number of nitrogens with two attached hydrogens (primary N) is 2. The molecule has 0 unspecified atom stereocenters. The van der Waals surface area contributed by atoms with Crippen molar-refractivity contribution >= 4 is 22.9 Å². The number of hydrogen-bond acceptors (Lipinski definition) is 3. The first kappa shape index (κ1) is 16.7. The van der Waals surface area contributed by atoms with Crippen molar-refractivity contribution in [1.82, 2.24) is 4.90 Å². The summed E-state index contributed by atoms with van der Waals surface area (Å²) in [6.45, 7) is 5.71. The van der Waals surface area contributed by atoms with Gasteiger partial charge in [0, 0.05) is 31.6 Å². The Balaban J connectivity index is 0.00000180. The first-order valence-corrected chi connectivity index (χ1v) is 7.06. The van der Waals surface area contributed by atoms with E-state index in [9.17, 15) is 0 Å². The number of hydrogen-bond donors (Lipinski definition) is 2. The Morgan fingerprint density at radius 2 is 1.74 bits per heavy atom. The van der Waals surface area contributed by atoms with E-state index in [-0.39, 0.29) is 22.9 Å². The molecule has 0 bridgehead atoms. The summed E-state index contributed by atoms with van der Waals surface area (Å²) in [5.74, 6) is 0.224. The molecule has 1 aliphatic heterocycles. The van der Waals surface area contributed by atoms with Gasteiger partial charge in [-0.25, -0.2) is 0 Å². The molecule has 0 amide bonds. The summed E-state index contributed by atoms with van der Waals surface area (Å²) in [5, 5.41) is 0. The number of ether oxygens (including phenoxy) is 1. The number of halogens is 1. The summed E-state index contributed by atoms with van der Waals surface area (Å²) in [5.41, 5.74) is 11.3. The third kappa shape index (κ3) is 5.28. The largest absolute Gasteiger partial charge is 0.379 e. The van der Waals surface area contributed by atoms with Gasteiger partial charge < -0.3 is 16.2 Å². The zero-order valence-corrected chi connectivity index (χ0v) is 13.4. The van der Waals surface area contributed by atoms with Crippen LogP contribution in [0.4, 0.5) is 0 Å². The van der Waals surface area contributed by atoms with Gasteiger partial charge in [-0.15, -0.1) is 17.0 Å². The van der Waals surface area contributed by atoms with Crippen molar-refractivity contribution in [3.63, 3.8) is 0 Å². The predicted octanol–water partition coefficient (Wildman–Crippen LogP) is 1.12. The average molecular weight is 335 g/mol. The first-order valence-electron chi connectivity index (χ1n) is 7.06. The fourth-order valence-corrected chi connectivity index (χ4v) is 3.16. The lowest BCUT2D eigenvalue weighted by atomic mass is 9.73. The van der Waals surface area contributed by atoms with Crippen LogP contribution in [0.5, 0.6) is 0 Å². The van der Waals surface area contributed by atoms with Gasteiger partial charge in [0.25, 0.3) is 0 Å². The summed E-state index contributed by atoms with van der Waals surface area (Å²) >= 11 is 0. The molecular weight excluding hydrogens is 308 g/mol. The van der Waals surface area contributed by atoms with Gasteiger partial charge in [-0.2, -0.15) is 0 Å². The zero-order chi connectivity index (χ0) is 12.8. The topological polar surface area (TPSA) is 76.9 Å². The van der Waals surface area contributed by atoms with Gasteiger partial charge >= 0.3 is 0 Å². The van der Waals surface area contributed by atoms with Crippen LogP contribution in [-0.2, 0) is 4.74 Å². The van der Waals surface area contributed by atoms with E-state index in [1.54, 1.807) is 0 Å². The second kappa shape index (κ2) is 8.07. The normalized spacial score (nSPS) is 23.4. The van der Waals surface area contributed by atoms with Crippen LogP contribution in [0.3, 0.4) is 0 Å². The molecule has 0 spiro atoms. The van der Waals surface area contributed by atoms with E-state index in [1.807, 2.05) is 0 Å². The molecule has 0 atom stereocenters. The van der Waals surface area contributed by atoms with E-state index < -0.39 is 0 Å². The minimum atomic E-state index is 0. The highest BCUT2D eigenvalue weighted by Crippen LogP contribution is 2.37.